The van der Waals surface area contributed by atoms with E-state index in [1.165, 1.54) is 6.08 Å². The molecule has 8 nitrogen and oxygen atoms in total. The number of allylic oxidation sites excluding steroid dienone is 1. The molecule has 1 fully saturated rings. The molecule has 1 saturated heterocycles. The molecule has 0 unspecified atom stereocenters. The molecule has 0 aliphatic carbocycles. The SMILES string of the molecule is COc1cc(/C=C/C(=O)c2cc3c(cc2OCCN2CCOCC2)OCS3)cc(OC)c1OC. The van der Waals surface area contributed by atoms with E-state index >= 15 is 0 Å². The molecule has 0 amide bonds. The average molecular weight is 488 g/mol. The van der Waals surface area contributed by atoms with Crippen LogP contribution in [-0.4, -0.2) is 77.4 Å². The molecule has 4 rings (SSSR count). The number of methoxy groups -OCH3 is 3. The maximum atomic E-state index is 13.2. The van der Waals surface area contributed by atoms with Crippen LogP contribution >= 0.6 is 11.8 Å². The predicted molar refractivity (Wildman–Crippen MR) is 130 cm³/mol. The Hall–Kier alpha value is -2.88. The first-order chi connectivity index (χ1) is 16.6. The monoisotopic (exact) mass is 487 g/mol. The molecule has 2 heterocycles. The van der Waals surface area contributed by atoms with Crippen LogP contribution in [0, 0.1) is 0 Å². The van der Waals surface area contributed by atoms with Crippen molar-refractivity contribution in [2.24, 2.45) is 0 Å². The molecular formula is C25H29NO7S. The summed E-state index contributed by atoms with van der Waals surface area (Å²) >= 11 is 1.56. The fourth-order valence-corrected chi connectivity index (χ4v) is 4.58. The zero-order valence-electron chi connectivity index (χ0n) is 19.6. The van der Waals surface area contributed by atoms with Crippen LogP contribution < -0.4 is 23.7 Å². The summed E-state index contributed by atoms with van der Waals surface area (Å²) in [4.78, 5) is 16.4. The molecule has 0 atom stereocenters. The highest BCUT2D eigenvalue weighted by atomic mass is 32.2. The van der Waals surface area contributed by atoms with Crippen molar-refractivity contribution in [3.63, 3.8) is 0 Å². The van der Waals surface area contributed by atoms with Crippen LogP contribution in [0.15, 0.2) is 35.2 Å². The third-order valence-electron chi connectivity index (χ3n) is 5.62. The van der Waals surface area contributed by atoms with Gasteiger partial charge in [0.1, 0.15) is 24.0 Å². The van der Waals surface area contributed by atoms with Crippen LogP contribution in [0.5, 0.6) is 28.7 Å². The van der Waals surface area contributed by atoms with Crippen LogP contribution in [0.1, 0.15) is 15.9 Å². The second-order valence-corrected chi connectivity index (χ2v) is 8.62. The maximum absolute atomic E-state index is 13.2. The Morgan fingerprint density at radius 3 is 2.44 bits per heavy atom. The molecule has 2 aliphatic heterocycles. The van der Waals surface area contributed by atoms with Crippen molar-refractivity contribution >= 4 is 23.6 Å². The van der Waals surface area contributed by atoms with Crippen molar-refractivity contribution in [1.82, 2.24) is 4.90 Å². The van der Waals surface area contributed by atoms with Crippen molar-refractivity contribution in [3.8, 4) is 28.7 Å². The summed E-state index contributed by atoms with van der Waals surface area (Å²) in [6.07, 6.45) is 3.25. The molecule has 0 spiro atoms. The fourth-order valence-electron chi connectivity index (χ4n) is 3.80. The second kappa shape index (κ2) is 11.5. The van der Waals surface area contributed by atoms with Gasteiger partial charge in [0, 0.05) is 25.7 Å². The van der Waals surface area contributed by atoms with E-state index in [1.54, 1.807) is 51.3 Å². The largest absolute Gasteiger partial charge is 0.493 e. The topological polar surface area (TPSA) is 75.7 Å². The first-order valence-corrected chi connectivity index (χ1v) is 12.0. The lowest BCUT2D eigenvalue weighted by Crippen LogP contribution is -2.38. The summed E-state index contributed by atoms with van der Waals surface area (Å²) < 4.78 is 33.3. The lowest BCUT2D eigenvalue weighted by Gasteiger charge is -2.26. The quantitative estimate of drug-likeness (QED) is 0.368. The summed E-state index contributed by atoms with van der Waals surface area (Å²) in [6, 6.07) is 7.24. The Bertz CT molecular complexity index is 1020. The summed E-state index contributed by atoms with van der Waals surface area (Å²) in [7, 11) is 4.66. The number of hydrogen-bond acceptors (Lipinski definition) is 9. The van der Waals surface area contributed by atoms with Crippen molar-refractivity contribution in [3.05, 3.63) is 41.5 Å². The molecule has 2 aliphatic rings. The smallest absolute Gasteiger partial charge is 0.203 e. The number of carbonyl (C=O) groups is 1. The van der Waals surface area contributed by atoms with Gasteiger partial charge in [-0.1, -0.05) is 17.8 Å². The summed E-state index contributed by atoms with van der Waals surface area (Å²) in [5.41, 5.74) is 1.25. The molecule has 0 aromatic heterocycles. The highest BCUT2D eigenvalue weighted by Crippen LogP contribution is 2.41. The van der Waals surface area contributed by atoms with Gasteiger partial charge in [-0.2, -0.15) is 0 Å². The van der Waals surface area contributed by atoms with Gasteiger partial charge >= 0.3 is 0 Å². The number of ketones is 1. The van der Waals surface area contributed by atoms with Crippen molar-refractivity contribution in [2.45, 2.75) is 4.90 Å². The van der Waals surface area contributed by atoms with Gasteiger partial charge in [0.25, 0.3) is 0 Å². The van der Waals surface area contributed by atoms with Crippen molar-refractivity contribution in [2.75, 3.05) is 66.7 Å². The zero-order valence-corrected chi connectivity index (χ0v) is 20.4. The molecular weight excluding hydrogens is 458 g/mol. The molecule has 182 valence electrons. The maximum Gasteiger partial charge on any atom is 0.203 e. The Labute approximate surface area is 203 Å². The van der Waals surface area contributed by atoms with Gasteiger partial charge in [0.2, 0.25) is 5.75 Å². The van der Waals surface area contributed by atoms with E-state index < -0.39 is 0 Å². The minimum atomic E-state index is -0.162. The Morgan fingerprint density at radius 1 is 1.03 bits per heavy atom. The highest BCUT2D eigenvalue weighted by molar-refractivity contribution is 7.99. The number of benzene rings is 2. The Morgan fingerprint density at radius 2 is 1.76 bits per heavy atom. The number of morpholine rings is 1. The van der Waals surface area contributed by atoms with Crippen molar-refractivity contribution in [1.29, 1.82) is 0 Å². The predicted octanol–water partition coefficient (Wildman–Crippen LogP) is 3.76. The van der Waals surface area contributed by atoms with Gasteiger partial charge in [-0.25, -0.2) is 0 Å². The number of hydrogen-bond donors (Lipinski definition) is 0. The van der Waals surface area contributed by atoms with Gasteiger partial charge in [0.05, 0.1) is 45.0 Å². The average Bonchev–Trinajstić information content (AvgIpc) is 3.34. The number of fused-ring (bicyclic) bond motifs is 1. The van der Waals surface area contributed by atoms with Crippen LogP contribution in [0.25, 0.3) is 6.08 Å². The van der Waals surface area contributed by atoms with E-state index in [-0.39, 0.29) is 5.78 Å². The van der Waals surface area contributed by atoms with E-state index in [0.29, 0.717) is 41.1 Å². The van der Waals surface area contributed by atoms with Gasteiger partial charge in [-0.3, -0.25) is 9.69 Å². The van der Waals surface area contributed by atoms with Crippen LogP contribution in [0.3, 0.4) is 0 Å². The molecule has 34 heavy (non-hydrogen) atoms. The molecule has 0 radical (unpaired) electrons. The van der Waals surface area contributed by atoms with Gasteiger partial charge in [0.15, 0.2) is 17.3 Å². The summed E-state index contributed by atoms with van der Waals surface area (Å²) in [6.45, 7) is 4.49. The van der Waals surface area contributed by atoms with Gasteiger partial charge in [-0.15, -0.1) is 0 Å². The molecule has 0 saturated carbocycles. The Balaban J connectivity index is 1.53. The number of ether oxygens (including phenoxy) is 6. The first kappa shape index (κ1) is 24.3. The lowest BCUT2D eigenvalue weighted by molar-refractivity contribution is 0.0322. The van der Waals surface area contributed by atoms with E-state index in [9.17, 15) is 4.79 Å². The zero-order chi connectivity index (χ0) is 23.9. The number of nitrogens with zero attached hydrogens (tertiary/aromatic N) is 1. The van der Waals surface area contributed by atoms with E-state index in [1.807, 2.05) is 12.1 Å². The molecule has 0 N–H and O–H groups in total. The van der Waals surface area contributed by atoms with Crippen LogP contribution in [-0.2, 0) is 4.74 Å². The first-order valence-electron chi connectivity index (χ1n) is 11.0. The summed E-state index contributed by atoms with van der Waals surface area (Å²) in [5.74, 6) is 3.18. The van der Waals surface area contributed by atoms with Gasteiger partial charge in [-0.05, 0) is 29.8 Å². The lowest BCUT2D eigenvalue weighted by atomic mass is 10.1. The highest BCUT2D eigenvalue weighted by Gasteiger charge is 2.21. The number of thioether (sulfide) groups is 1. The molecule has 2 aromatic rings. The molecule has 0 bridgehead atoms. The standard InChI is InChI=1S/C25H29NO7S/c1-28-22-12-17(13-23(29-2)25(22)30-3)4-5-19(27)18-14-24-21(33-16-34-24)15-20(18)32-11-8-26-6-9-31-10-7-26/h4-5,12-15H,6-11,16H2,1-3H3/b5-4+. The van der Waals surface area contributed by atoms with E-state index in [0.717, 1.165) is 49.1 Å². The minimum Gasteiger partial charge on any atom is -0.493 e. The van der Waals surface area contributed by atoms with E-state index in [2.05, 4.69) is 4.90 Å². The van der Waals surface area contributed by atoms with E-state index in [4.69, 9.17) is 28.4 Å². The number of rotatable bonds is 10. The third kappa shape index (κ3) is 5.60. The van der Waals surface area contributed by atoms with Gasteiger partial charge < -0.3 is 28.4 Å². The molecule has 2 aromatic carbocycles. The fraction of sp³-hybridized carbons (Fsp3) is 0.400. The third-order valence-corrected chi connectivity index (χ3v) is 6.49. The van der Waals surface area contributed by atoms with Crippen LogP contribution in [0.2, 0.25) is 0 Å². The normalized spacial score (nSPS) is 15.6. The molecule has 9 heteroatoms. The minimum absolute atomic E-state index is 0.162. The Kier molecular flexibility index (Phi) is 8.21. The number of carbonyl (C=O) groups excluding carboxylic acids is 1. The van der Waals surface area contributed by atoms with Crippen LogP contribution in [0.4, 0.5) is 0 Å². The van der Waals surface area contributed by atoms with Crippen molar-refractivity contribution < 1.29 is 33.2 Å². The second-order valence-electron chi connectivity index (χ2n) is 7.66. The summed E-state index contributed by atoms with van der Waals surface area (Å²) in [5, 5.41) is 0.